The number of rotatable bonds is 19. The number of aromatic carboxylic acids is 3. The monoisotopic (exact) mass is 1070 g/mol. The van der Waals surface area contributed by atoms with Crippen LogP contribution in [-0.4, -0.2) is 58.9 Å². The minimum Gasteiger partial charge on any atom is -0.697 e. The average Bonchev–Trinajstić information content (AvgIpc) is 3.75. The molecule has 0 unspecified atom stereocenters. The number of aromatic nitrogens is 4. The van der Waals surface area contributed by atoms with Gasteiger partial charge in [-0.1, -0.05) is 57.8 Å². The van der Waals surface area contributed by atoms with E-state index < -0.39 is 52.5 Å². The molecule has 0 saturated carbocycles. The minimum absolute atomic E-state index is 0. The predicted octanol–water partition coefficient (Wildman–Crippen LogP) is 12.4. The van der Waals surface area contributed by atoms with Crippen molar-refractivity contribution in [1.82, 2.24) is 19.9 Å². The maximum absolute atomic E-state index is 14.0. The summed E-state index contributed by atoms with van der Waals surface area (Å²) >= 11 is 5.48. The average molecular weight is 1070 g/mol. The third kappa shape index (κ3) is 16.2. The molecule has 6 rings (SSSR count). The number of nitrogens with zero attached hydrogens (tertiary/aromatic N) is 5. The Kier molecular flexibility index (Phi) is 22.8. The van der Waals surface area contributed by atoms with Crippen molar-refractivity contribution in [2.75, 3.05) is 0 Å². The van der Waals surface area contributed by atoms with Crippen LogP contribution in [0.4, 0.5) is 17.6 Å². The molecule has 0 aliphatic heterocycles. The molecule has 5 heterocycles. The molecule has 5 aromatic heterocycles. The minimum atomic E-state index is -1.99. The number of nitrogens with one attached hydrogen (secondary N) is 2. The molecular formula is C49H45F4N7O6RuS2. The number of unbranched alkanes of at least 4 members (excludes halogenated alkanes) is 6. The van der Waals surface area contributed by atoms with Gasteiger partial charge in [0.1, 0.15) is 0 Å². The molecular weight excluding hydrogens is 1020 g/mol. The van der Waals surface area contributed by atoms with Crippen molar-refractivity contribution in [2.45, 2.75) is 78.1 Å². The van der Waals surface area contributed by atoms with E-state index in [2.05, 4.69) is 52.5 Å². The summed E-state index contributed by atoms with van der Waals surface area (Å²) in [5.74, 6) is -10.8. The van der Waals surface area contributed by atoms with E-state index in [1.807, 2.05) is 6.07 Å². The summed E-state index contributed by atoms with van der Waals surface area (Å²) in [5, 5.41) is 44.0. The molecule has 360 valence electrons. The zero-order valence-corrected chi connectivity index (χ0v) is 40.5. The van der Waals surface area contributed by atoms with Crippen LogP contribution in [0.5, 0.6) is 0 Å². The molecule has 0 atom stereocenters. The fourth-order valence-electron chi connectivity index (χ4n) is 6.58. The van der Waals surface area contributed by atoms with Gasteiger partial charge in [-0.15, -0.1) is 17.0 Å². The number of hydrogen-bond acceptors (Lipinski definition) is 11. The van der Waals surface area contributed by atoms with E-state index in [1.54, 1.807) is 23.6 Å². The molecule has 0 spiro atoms. The van der Waals surface area contributed by atoms with E-state index in [0.717, 1.165) is 30.9 Å². The number of carboxylic acids is 3. The van der Waals surface area contributed by atoms with Crippen molar-refractivity contribution in [2.24, 2.45) is 0 Å². The SMILES string of the molecule is CCCCCCc1cc(CCCCCC)c(-c2ccc(/C([NH-])=C/C(=N)c3cc(F)c(F)c(F)c3F)nc2)s1.N#C[S-].O=C(O)c1ccnc(-c2cc(C(=O)O)cc(-c3cc(C(=O)O)ccn3)n2)c1.[Ru+2]. The number of carboxylic acid groups (broad SMARTS) is 3. The number of benzene rings is 1. The Balaban J connectivity index is 0.000000357. The zero-order chi connectivity index (χ0) is 49.9. The topological polar surface area (TPSA) is 235 Å². The Hall–Kier alpha value is -6.81. The fraction of sp³-hybridized carbons (Fsp3) is 0.245. The molecule has 6 aromatic rings. The van der Waals surface area contributed by atoms with Crippen molar-refractivity contribution < 1.29 is 66.7 Å². The van der Waals surface area contributed by atoms with E-state index in [9.17, 15) is 37.1 Å². The number of thiophene rings is 1. The standard InChI is InChI=1S/C30H34F4N3S.C18H11N3O6.CHNS.Ru/c1-3-5-7-9-11-19-15-21(12-10-8-6-4-2)38-30(19)20-13-14-26(37-18-20)25(36)17-24(35)22-16-23(31)28(33)29(34)27(22)32;22-16(23)9-1-3-19-12(5-9)14-7-11(18(26)27)8-15(21-14)13-6-10(17(24)25)2-4-20-13;2-1-3;/h13-18,35-36H,3-12H2,1-2H3;1-8H,(H,22,23)(H,24,25)(H,26,27);3H;/q-1;;;+2/p-1/b25-17-,35-24?;;;. The quantitative estimate of drug-likeness (QED) is 0.00867. The number of aryl methyl sites for hydroxylation is 2. The molecule has 1 aromatic carbocycles. The van der Waals surface area contributed by atoms with Crippen LogP contribution in [0.1, 0.15) is 118 Å². The summed E-state index contributed by atoms with van der Waals surface area (Å²) in [6, 6.07) is 13.9. The number of thiocyanates is 1. The summed E-state index contributed by atoms with van der Waals surface area (Å²) in [7, 11) is 0. The zero-order valence-electron chi connectivity index (χ0n) is 37.1. The maximum Gasteiger partial charge on any atom is 2.00 e. The molecule has 0 saturated heterocycles. The van der Waals surface area contributed by atoms with E-state index in [1.165, 1.54) is 114 Å². The summed E-state index contributed by atoms with van der Waals surface area (Å²) in [5.41, 5.74) is 9.46. The summed E-state index contributed by atoms with van der Waals surface area (Å²) in [4.78, 5) is 53.0. The molecule has 0 bridgehead atoms. The fourth-order valence-corrected chi connectivity index (χ4v) is 7.82. The first-order chi connectivity index (χ1) is 32.5. The molecule has 0 aliphatic rings. The van der Waals surface area contributed by atoms with Crippen molar-refractivity contribution in [1.29, 1.82) is 10.7 Å². The van der Waals surface area contributed by atoms with Crippen molar-refractivity contribution in [3.8, 4) is 38.6 Å². The summed E-state index contributed by atoms with van der Waals surface area (Å²) < 4.78 is 54.4. The van der Waals surface area contributed by atoms with E-state index in [-0.39, 0.29) is 70.3 Å². The number of hydrogen-bond donors (Lipinski definition) is 4. The van der Waals surface area contributed by atoms with Crippen LogP contribution in [0.2, 0.25) is 0 Å². The van der Waals surface area contributed by atoms with Gasteiger partial charge in [0.25, 0.3) is 0 Å². The van der Waals surface area contributed by atoms with Gasteiger partial charge in [-0.2, -0.15) is 0 Å². The first kappa shape index (κ1) is 56.5. The number of allylic oxidation sites excluding steroid dienone is 1. The van der Waals surface area contributed by atoms with E-state index in [0.29, 0.717) is 6.07 Å². The Morgan fingerprint density at radius 1 is 0.725 bits per heavy atom. The van der Waals surface area contributed by atoms with Gasteiger partial charge in [0.2, 0.25) is 0 Å². The molecule has 0 fully saturated rings. The third-order valence-corrected chi connectivity index (χ3v) is 11.3. The van der Waals surface area contributed by atoms with Crippen LogP contribution in [0.3, 0.4) is 0 Å². The van der Waals surface area contributed by atoms with Gasteiger partial charge in [0.15, 0.2) is 23.3 Å². The number of pyridine rings is 4. The van der Waals surface area contributed by atoms with Gasteiger partial charge >= 0.3 is 37.4 Å². The second-order valence-corrected chi connectivity index (χ2v) is 16.3. The van der Waals surface area contributed by atoms with Gasteiger partial charge in [0, 0.05) is 45.2 Å². The normalized spacial score (nSPS) is 10.7. The van der Waals surface area contributed by atoms with Gasteiger partial charge in [-0.25, -0.2) is 42.2 Å². The largest absolute Gasteiger partial charge is 2.00 e. The molecule has 0 radical (unpaired) electrons. The van der Waals surface area contributed by atoms with Crippen molar-refractivity contribution in [3.05, 3.63) is 153 Å². The Morgan fingerprint density at radius 3 is 1.74 bits per heavy atom. The summed E-state index contributed by atoms with van der Waals surface area (Å²) in [6.45, 7) is 4.40. The van der Waals surface area contributed by atoms with Crippen LogP contribution >= 0.6 is 11.3 Å². The van der Waals surface area contributed by atoms with E-state index >= 15 is 0 Å². The second kappa shape index (κ2) is 27.9. The van der Waals surface area contributed by atoms with Gasteiger partial charge < -0.3 is 39.1 Å². The molecule has 0 aliphatic carbocycles. The third-order valence-electron chi connectivity index (χ3n) is 10.0. The van der Waals surface area contributed by atoms with E-state index in [4.69, 9.17) is 26.6 Å². The molecule has 69 heavy (non-hydrogen) atoms. The smallest absolute Gasteiger partial charge is 0.697 e. The Morgan fingerprint density at radius 2 is 1.25 bits per heavy atom. The van der Waals surface area contributed by atoms with Gasteiger partial charge in [-0.05, 0) is 98.0 Å². The Labute approximate surface area is 417 Å². The summed E-state index contributed by atoms with van der Waals surface area (Å²) in [6.07, 6.45) is 16.8. The van der Waals surface area contributed by atoms with Gasteiger partial charge in [-0.3, -0.25) is 15.0 Å². The van der Waals surface area contributed by atoms with Crippen LogP contribution in [0.25, 0.3) is 44.6 Å². The van der Waals surface area contributed by atoms with Crippen LogP contribution in [0, 0.1) is 39.3 Å². The second-order valence-electron chi connectivity index (χ2n) is 14.9. The first-order valence-corrected chi connectivity index (χ1v) is 22.3. The van der Waals surface area contributed by atoms with Crippen molar-refractivity contribution in [3.63, 3.8) is 0 Å². The number of nitriles is 1. The molecule has 13 nitrogen and oxygen atoms in total. The van der Waals surface area contributed by atoms with Crippen LogP contribution < -0.4 is 0 Å². The van der Waals surface area contributed by atoms with Gasteiger partial charge in [0.05, 0.1) is 45.2 Å². The predicted molar refractivity (Wildman–Crippen MR) is 253 cm³/mol. The molecule has 20 heteroatoms. The van der Waals surface area contributed by atoms with Crippen LogP contribution in [0.15, 0.2) is 85.3 Å². The maximum atomic E-state index is 14.0. The first-order valence-electron chi connectivity index (χ1n) is 21.1. The Bertz CT molecular complexity index is 2770. The molecule has 5 N–H and O–H groups in total. The van der Waals surface area contributed by atoms with Crippen LogP contribution in [-0.2, 0) is 44.9 Å². The number of carbonyl (C=O) groups is 3. The van der Waals surface area contributed by atoms with Crippen molar-refractivity contribution >= 4 is 53.3 Å². The molecule has 0 amide bonds. The number of halogens is 4.